The smallest absolute Gasteiger partial charge is 0.328 e. The van der Waals surface area contributed by atoms with Crippen molar-refractivity contribution in [3.05, 3.63) is 71.8 Å². The number of cyclic esters (lactones) is 1. The Morgan fingerprint density at radius 3 is 1.86 bits per heavy atom. The van der Waals surface area contributed by atoms with E-state index in [1.165, 1.54) is 78.6 Å². The SMILES string of the molecule is CNC(=O)C[C@H]1C(=O)N(C)[C@@H](C)C(=O)O[C@@H](C)CCCC=CCC[C@@H](OC)CC=CC=C(C)C(=O)N[C@H](C(C)C)C(=O)N(C)[C@@H](Cc2ccccc2)C(=O)N(C)[C@@H](C(C)C)C(=O)N(C)[C@@H](C(C)C)C(=O)N2CCC[C@H]2C(=O)N1C. The molecule has 2 N–H and O–H groups in total. The molecule has 1 aromatic carbocycles. The first kappa shape index (κ1) is 66.9. The van der Waals surface area contributed by atoms with Crippen molar-refractivity contribution >= 4 is 53.2 Å². The van der Waals surface area contributed by atoms with E-state index in [-0.39, 0.29) is 31.4 Å². The zero-order chi connectivity index (χ0) is 59.4. The van der Waals surface area contributed by atoms with Crippen molar-refractivity contribution in [3.63, 3.8) is 0 Å². The lowest BCUT2D eigenvalue weighted by molar-refractivity contribution is -0.160. The van der Waals surface area contributed by atoms with Crippen LogP contribution in [-0.2, 0) is 59.0 Å². The molecule has 0 aliphatic carbocycles. The van der Waals surface area contributed by atoms with E-state index < -0.39 is 120 Å². The fraction of sp³-hybridized carbons (Fsp3) is 0.650. The lowest BCUT2D eigenvalue weighted by atomic mass is 9.95. The number of fused-ring (bicyclic) bond motifs is 1. The van der Waals surface area contributed by atoms with Crippen molar-refractivity contribution in [1.29, 1.82) is 0 Å². The third-order valence-electron chi connectivity index (χ3n) is 15.4. The van der Waals surface area contributed by atoms with Crippen LogP contribution in [0.15, 0.2) is 66.3 Å². The highest BCUT2D eigenvalue weighted by atomic mass is 16.5. The Hall–Kier alpha value is -6.37. The predicted octanol–water partition coefficient (Wildman–Crippen LogP) is 5.32. The minimum absolute atomic E-state index is 0.0751. The summed E-state index contributed by atoms with van der Waals surface area (Å²) in [6, 6.07) is 1.35. The van der Waals surface area contributed by atoms with Gasteiger partial charge in [0, 0.05) is 67.9 Å². The Labute approximate surface area is 470 Å². The Balaban J connectivity index is 2.12. The average molecular weight is 1100 g/mol. The summed E-state index contributed by atoms with van der Waals surface area (Å²) < 4.78 is 11.5. The van der Waals surface area contributed by atoms with Crippen molar-refractivity contribution in [2.75, 3.05) is 55.9 Å². The van der Waals surface area contributed by atoms with Crippen LogP contribution in [-0.4, -0.2) is 193 Å². The molecule has 0 unspecified atom stereocenters. The zero-order valence-corrected chi connectivity index (χ0v) is 50.2. The molecule has 440 valence electrons. The Kier molecular flexibility index (Phi) is 27.1. The van der Waals surface area contributed by atoms with Gasteiger partial charge in [0.1, 0.15) is 42.3 Å². The molecule has 9 atom stereocenters. The highest BCUT2D eigenvalue weighted by Crippen LogP contribution is 2.27. The van der Waals surface area contributed by atoms with Crippen LogP contribution in [0.5, 0.6) is 0 Å². The molecule has 1 aromatic rings. The maximum Gasteiger partial charge on any atom is 0.328 e. The number of nitrogens with zero attached hydrogens (tertiary/aromatic N) is 6. The van der Waals surface area contributed by atoms with Crippen LogP contribution in [0.3, 0.4) is 0 Å². The molecule has 0 spiro atoms. The van der Waals surface area contributed by atoms with E-state index in [1.54, 1.807) is 60.8 Å². The van der Waals surface area contributed by atoms with Crippen molar-refractivity contribution in [2.45, 2.75) is 181 Å². The largest absolute Gasteiger partial charge is 0.461 e. The minimum atomic E-state index is -1.35. The number of esters is 1. The monoisotopic (exact) mass is 1100 g/mol. The number of benzene rings is 1. The summed E-state index contributed by atoms with van der Waals surface area (Å²) in [6.45, 7) is 15.9. The molecule has 0 bridgehead atoms. The van der Waals surface area contributed by atoms with Crippen molar-refractivity contribution in [1.82, 2.24) is 40.0 Å². The molecule has 0 saturated carbocycles. The highest BCUT2D eigenvalue weighted by molar-refractivity contribution is 6.00. The van der Waals surface area contributed by atoms with Crippen LogP contribution in [0, 0.1) is 17.8 Å². The number of allylic oxidation sites excluding steroid dienone is 4. The normalized spacial score (nSPS) is 26.7. The van der Waals surface area contributed by atoms with Crippen molar-refractivity contribution < 1.29 is 52.6 Å². The maximum absolute atomic E-state index is 15.1. The molecule has 2 aliphatic heterocycles. The van der Waals surface area contributed by atoms with Crippen LogP contribution in [0.4, 0.5) is 0 Å². The number of ether oxygens (including phenoxy) is 2. The van der Waals surface area contributed by atoms with E-state index in [4.69, 9.17) is 9.47 Å². The quantitative estimate of drug-likeness (QED) is 0.251. The molecular formula is C60H94N8O11. The van der Waals surface area contributed by atoms with Gasteiger partial charge >= 0.3 is 5.97 Å². The second-order valence-electron chi connectivity index (χ2n) is 22.4. The fourth-order valence-corrected chi connectivity index (χ4v) is 10.2. The van der Waals surface area contributed by atoms with E-state index in [9.17, 15) is 33.6 Å². The molecule has 3 rings (SSSR count). The number of carbonyl (C=O) groups is 9. The van der Waals surface area contributed by atoms with Gasteiger partial charge in [0.15, 0.2) is 0 Å². The summed E-state index contributed by atoms with van der Waals surface area (Å²) >= 11 is 0. The number of nitrogens with one attached hydrogen (secondary N) is 2. The molecular weight excluding hydrogens is 1010 g/mol. The predicted molar refractivity (Wildman–Crippen MR) is 305 cm³/mol. The first-order valence-electron chi connectivity index (χ1n) is 28.1. The van der Waals surface area contributed by atoms with Gasteiger partial charge in [-0.15, -0.1) is 0 Å². The molecule has 0 radical (unpaired) electrons. The van der Waals surface area contributed by atoms with Crippen LogP contribution in [0.25, 0.3) is 0 Å². The van der Waals surface area contributed by atoms with Crippen LogP contribution < -0.4 is 10.6 Å². The van der Waals surface area contributed by atoms with Gasteiger partial charge in [0.2, 0.25) is 47.3 Å². The van der Waals surface area contributed by atoms with Gasteiger partial charge < -0.3 is 49.5 Å². The summed E-state index contributed by atoms with van der Waals surface area (Å²) in [4.78, 5) is 137. The average Bonchev–Trinajstić information content (AvgIpc) is 3.99. The first-order chi connectivity index (χ1) is 37.2. The zero-order valence-electron chi connectivity index (χ0n) is 50.2. The Morgan fingerprint density at radius 1 is 0.684 bits per heavy atom. The van der Waals surface area contributed by atoms with Gasteiger partial charge in [-0.3, -0.25) is 38.4 Å². The van der Waals surface area contributed by atoms with Gasteiger partial charge in [-0.1, -0.05) is 102 Å². The molecule has 1 fully saturated rings. The lowest BCUT2D eigenvalue weighted by Crippen LogP contribution is -2.62. The molecule has 0 aromatic heterocycles. The molecule has 2 aliphatic rings. The summed E-state index contributed by atoms with van der Waals surface area (Å²) in [5.74, 6) is -6.31. The molecule has 19 nitrogen and oxygen atoms in total. The first-order valence-corrected chi connectivity index (χ1v) is 28.1. The van der Waals surface area contributed by atoms with Gasteiger partial charge in [-0.2, -0.15) is 0 Å². The number of rotatable bonds is 8. The van der Waals surface area contributed by atoms with Crippen molar-refractivity contribution in [3.8, 4) is 0 Å². The highest BCUT2D eigenvalue weighted by Gasteiger charge is 2.46. The van der Waals surface area contributed by atoms with Crippen LogP contribution in [0.2, 0.25) is 0 Å². The van der Waals surface area contributed by atoms with Gasteiger partial charge in [0.05, 0.1) is 18.6 Å². The number of carbonyl (C=O) groups excluding carboxylic acids is 9. The van der Waals surface area contributed by atoms with Crippen LogP contribution in [0.1, 0.15) is 126 Å². The third-order valence-corrected chi connectivity index (χ3v) is 15.4. The molecule has 79 heavy (non-hydrogen) atoms. The van der Waals surface area contributed by atoms with Crippen LogP contribution >= 0.6 is 0 Å². The minimum Gasteiger partial charge on any atom is -0.461 e. The van der Waals surface area contributed by atoms with E-state index in [0.717, 1.165) is 31.2 Å². The van der Waals surface area contributed by atoms with Gasteiger partial charge in [0.25, 0.3) is 0 Å². The second kappa shape index (κ2) is 32.0. The topological polar surface area (TPSA) is 216 Å². The van der Waals surface area contributed by atoms with Crippen molar-refractivity contribution in [2.24, 2.45) is 17.8 Å². The Bertz CT molecular complexity index is 2340. The van der Waals surface area contributed by atoms with E-state index in [1.807, 2.05) is 50.3 Å². The second-order valence-corrected chi connectivity index (χ2v) is 22.4. The molecule has 8 amide bonds. The number of methoxy groups -OCH3 is 1. The number of hydrogen-bond donors (Lipinski definition) is 2. The number of hydrogen-bond acceptors (Lipinski definition) is 11. The Morgan fingerprint density at radius 2 is 1.27 bits per heavy atom. The van der Waals surface area contributed by atoms with E-state index in [0.29, 0.717) is 24.8 Å². The van der Waals surface area contributed by atoms with Gasteiger partial charge in [-0.05, 0) is 95.5 Å². The van der Waals surface area contributed by atoms with E-state index in [2.05, 4.69) is 22.8 Å². The standard InChI is InChI=1S/C60H94N8O11/c1-38(2)50-57(74)65(13)47(36-44-30-22-20-23-31-44)56(73)66(14)51(39(3)4)58(75)67(15)52(40(5)6)59(76)68-35-27-34-46(68)54(71)64(12)48(37-49(69)61-10)55(72)63(11)43(9)60(77)79-42(8)29-21-18-17-19-24-32-45(78-16)33-26-25-28-41(7)53(70)62-50/h17,19-20,22-23,25-26,28,30-31,38-40,42-43,45-48,50-52H,18,21,24,27,29,32-37H2,1-16H3,(H,61,69)(H,62,70)/t42-,43-,45+,46-,47-,48-,50+,51-,52-/m0/s1. The van der Waals surface area contributed by atoms with E-state index >= 15 is 9.59 Å². The summed E-state index contributed by atoms with van der Waals surface area (Å²) in [7, 11) is 10.4. The maximum atomic E-state index is 15.1. The lowest BCUT2D eigenvalue weighted by Gasteiger charge is -2.41. The van der Waals surface area contributed by atoms with Gasteiger partial charge in [-0.25, -0.2) is 4.79 Å². The summed E-state index contributed by atoms with van der Waals surface area (Å²) in [5, 5.41) is 5.44. The summed E-state index contributed by atoms with van der Waals surface area (Å²) in [6.07, 6.45) is 13.6. The fourth-order valence-electron chi connectivity index (χ4n) is 10.2. The third kappa shape index (κ3) is 18.6. The molecule has 2 heterocycles. The molecule has 1 saturated heterocycles. The number of likely N-dealkylation sites (N-methyl/N-ethyl adjacent to an activating group) is 5. The summed E-state index contributed by atoms with van der Waals surface area (Å²) in [5.41, 5.74) is 1.13. The number of amides is 8. The molecule has 19 heteroatoms.